The van der Waals surface area contributed by atoms with Gasteiger partial charge in [-0.1, -0.05) is 12.1 Å². The SMILES string of the molecule is COc1ccc(N(CC(=O)N2CC(=O)Nc3ccccc32)S(C)(=O)=O)cc1OC. The molecule has 2 amide bonds. The first-order chi connectivity index (χ1) is 13.7. The lowest BCUT2D eigenvalue weighted by atomic mass is 10.2. The molecule has 10 heteroatoms. The zero-order chi connectivity index (χ0) is 21.2. The second-order valence-electron chi connectivity index (χ2n) is 6.35. The summed E-state index contributed by atoms with van der Waals surface area (Å²) in [4.78, 5) is 26.2. The molecule has 0 radical (unpaired) electrons. The molecule has 1 aliphatic heterocycles. The van der Waals surface area contributed by atoms with Gasteiger partial charge in [0, 0.05) is 6.07 Å². The van der Waals surface area contributed by atoms with E-state index in [4.69, 9.17) is 9.47 Å². The monoisotopic (exact) mass is 419 g/mol. The van der Waals surface area contributed by atoms with Gasteiger partial charge < -0.3 is 14.8 Å². The third-order valence-corrected chi connectivity index (χ3v) is 5.55. The van der Waals surface area contributed by atoms with E-state index in [0.717, 1.165) is 10.6 Å². The zero-order valence-electron chi connectivity index (χ0n) is 16.2. The van der Waals surface area contributed by atoms with Gasteiger partial charge >= 0.3 is 0 Å². The quantitative estimate of drug-likeness (QED) is 0.760. The number of carbonyl (C=O) groups excluding carboxylic acids is 2. The van der Waals surface area contributed by atoms with Crippen molar-refractivity contribution >= 4 is 38.9 Å². The molecule has 0 fully saturated rings. The molecule has 0 bridgehead atoms. The predicted molar refractivity (Wildman–Crippen MR) is 109 cm³/mol. The lowest BCUT2D eigenvalue weighted by Gasteiger charge is -2.31. The fourth-order valence-corrected chi connectivity index (χ4v) is 3.89. The maximum absolute atomic E-state index is 13.0. The van der Waals surface area contributed by atoms with Gasteiger partial charge in [0.15, 0.2) is 11.5 Å². The molecule has 9 nitrogen and oxygen atoms in total. The number of hydrogen-bond donors (Lipinski definition) is 1. The number of methoxy groups -OCH3 is 2. The molecule has 0 unspecified atom stereocenters. The van der Waals surface area contributed by atoms with Crippen molar-refractivity contribution in [1.82, 2.24) is 0 Å². The molecule has 3 rings (SSSR count). The van der Waals surface area contributed by atoms with Crippen LogP contribution in [0.5, 0.6) is 11.5 Å². The van der Waals surface area contributed by atoms with Gasteiger partial charge in [-0.25, -0.2) is 8.42 Å². The number of nitrogens with one attached hydrogen (secondary N) is 1. The molecule has 2 aromatic rings. The molecule has 0 aromatic heterocycles. The molecule has 0 aliphatic carbocycles. The van der Waals surface area contributed by atoms with Gasteiger partial charge in [-0.15, -0.1) is 0 Å². The largest absolute Gasteiger partial charge is 0.493 e. The Morgan fingerprint density at radius 2 is 1.83 bits per heavy atom. The van der Waals surface area contributed by atoms with Gasteiger partial charge in [-0.05, 0) is 24.3 Å². The van der Waals surface area contributed by atoms with E-state index in [1.165, 1.54) is 31.3 Å². The van der Waals surface area contributed by atoms with Crippen LogP contribution >= 0.6 is 0 Å². The molecule has 0 atom stereocenters. The van der Waals surface area contributed by atoms with Crippen LogP contribution in [-0.4, -0.2) is 53.8 Å². The highest BCUT2D eigenvalue weighted by Gasteiger charge is 2.30. The van der Waals surface area contributed by atoms with Crippen molar-refractivity contribution in [2.75, 3.05) is 48.1 Å². The van der Waals surface area contributed by atoms with Gasteiger partial charge in [0.1, 0.15) is 13.1 Å². The van der Waals surface area contributed by atoms with Crippen molar-refractivity contribution < 1.29 is 27.5 Å². The minimum absolute atomic E-state index is 0.195. The molecule has 1 heterocycles. The summed E-state index contributed by atoms with van der Waals surface area (Å²) in [7, 11) is -0.900. The summed E-state index contributed by atoms with van der Waals surface area (Å²) >= 11 is 0. The predicted octanol–water partition coefficient (Wildman–Crippen LogP) is 1.46. The fraction of sp³-hybridized carbons (Fsp3) is 0.263. The molecule has 1 aliphatic rings. The van der Waals surface area contributed by atoms with Crippen molar-refractivity contribution in [1.29, 1.82) is 0 Å². The van der Waals surface area contributed by atoms with E-state index in [-0.39, 0.29) is 18.1 Å². The summed E-state index contributed by atoms with van der Waals surface area (Å²) in [6, 6.07) is 11.4. The number of carbonyl (C=O) groups is 2. The number of hydrogen-bond acceptors (Lipinski definition) is 6. The number of fused-ring (bicyclic) bond motifs is 1. The van der Waals surface area contributed by atoms with Crippen LogP contribution in [0.1, 0.15) is 0 Å². The van der Waals surface area contributed by atoms with Gasteiger partial charge in [-0.2, -0.15) is 0 Å². The zero-order valence-corrected chi connectivity index (χ0v) is 17.0. The van der Waals surface area contributed by atoms with E-state index in [0.29, 0.717) is 22.9 Å². The lowest BCUT2D eigenvalue weighted by Crippen LogP contribution is -2.47. The average molecular weight is 419 g/mol. The number of anilines is 3. The highest BCUT2D eigenvalue weighted by atomic mass is 32.2. The third kappa shape index (κ3) is 4.27. The Labute approximate surface area is 168 Å². The standard InChI is InChI=1S/C19H21N3O6S/c1-27-16-9-8-13(10-17(16)28-2)22(29(3,25)26)12-19(24)21-11-18(23)20-14-6-4-5-7-15(14)21/h4-10H,11-12H2,1-3H3,(H,20,23). The molecule has 2 aromatic carbocycles. The molecule has 29 heavy (non-hydrogen) atoms. The number of amides is 2. The van der Waals surface area contributed by atoms with E-state index in [1.807, 2.05) is 0 Å². The fourth-order valence-electron chi connectivity index (χ4n) is 3.04. The maximum Gasteiger partial charge on any atom is 0.248 e. The van der Waals surface area contributed by atoms with Crippen molar-refractivity contribution in [3.8, 4) is 11.5 Å². The molecule has 0 saturated heterocycles. The smallest absolute Gasteiger partial charge is 0.248 e. The Kier molecular flexibility index (Phi) is 5.64. The second-order valence-corrected chi connectivity index (χ2v) is 8.26. The second kappa shape index (κ2) is 8.00. The van der Waals surface area contributed by atoms with Gasteiger partial charge in [0.25, 0.3) is 0 Å². The summed E-state index contributed by atoms with van der Waals surface area (Å²) in [6.07, 6.45) is 1.01. The summed E-state index contributed by atoms with van der Waals surface area (Å²) in [5.74, 6) is -0.131. The van der Waals surface area contributed by atoms with Gasteiger partial charge in [0.2, 0.25) is 21.8 Å². The molecule has 0 spiro atoms. The van der Waals surface area contributed by atoms with Crippen LogP contribution in [0.2, 0.25) is 0 Å². The van der Waals surface area contributed by atoms with Crippen LogP contribution in [0.4, 0.5) is 17.1 Å². The Bertz CT molecular complexity index is 1050. The highest BCUT2D eigenvalue weighted by molar-refractivity contribution is 7.92. The summed E-state index contributed by atoms with van der Waals surface area (Å²) < 4.78 is 36.2. The van der Waals surface area contributed by atoms with Gasteiger partial charge in [-0.3, -0.25) is 18.8 Å². The average Bonchev–Trinajstić information content (AvgIpc) is 2.69. The number of sulfonamides is 1. The van der Waals surface area contributed by atoms with Crippen molar-refractivity contribution in [3.63, 3.8) is 0 Å². The minimum Gasteiger partial charge on any atom is -0.493 e. The van der Waals surface area contributed by atoms with E-state index < -0.39 is 22.5 Å². The summed E-state index contributed by atoms with van der Waals surface area (Å²) in [5.41, 5.74) is 1.25. The maximum atomic E-state index is 13.0. The molecule has 1 N–H and O–H groups in total. The van der Waals surface area contributed by atoms with Crippen LogP contribution in [0, 0.1) is 0 Å². The Hall–Kier alpha value is -3.27. The topological polar surface area (TPSA) is 105 Å². The van der Waals surface area contributed by atoms with Crippen LogP contribution in [-0.2, 0) is 19.6 Å². The van der Waals surface area contributed by atoms with Crippen LogP contribution in [0.3, 0.4) is 0 Å². The number of nitrogens with zero attached hydrogens (tertiary/aromatic N) is 2. The Morgan fingerprint density at radius 1 is 1.14 bits per heavy atom. The van der Waals surface area contributed by atoms with Crippen molar-refractivity contribution in [2.24, 2.45) is 0 Å². The Morgan fingerprint density at radius 3 is 2.48 bits per heavy atom. The molecule has 154 valence electrons. The van der Waals surface area contributed by atoms with Gasteiger partial charge in [0.05, 0.1) is 37.5 Å². The summed E-state index contributed by atoms with van der Waals surface area (Å²) in [6.45, 7) is -0.671. The molecule has 0 saturated carbocycles. The highest BCUT2D eigenvalue weighted by Crippen LogP contribution is 2.33. The summed E-state index contributed by atoms with van der Waals surface area (Å²) in [5, 5.41) is 2.69. The molecular formula is C19H21N3O6S. The first kappa shape index (κ1) is 20.5. The number of para-hydroxylation sites is 2. The van der Waals surface area contributed by atoms with E-state index in [1.54, 1.807) is 30.3 Å². The molecular weight excluding hydrogens is 398 g/mol. The van der Waals surface area contributed by atoms with Crippen LogP contribution in [0.25, 0.3) is 0 Å². The first-order valence-electron chi connectivity index (χ1n) is 8.63. The minimum atomic E-state index is -3.80. The van der Waals surface area contributed by atoms with E-state index in [9.17, 15) is 18.0 Å². The van der Waals surface area contributed by atoms with Crippen molar-refractivity contribution in [2.45, 2.75) is 0 Å². The van der Waals surface area contributed by atoms with E-state index in [2.05, 4.69) is 5.32 Å². The van der Waals surface area contributed by atoms with E-state index >= 15 is 0 Å². The Balaban J connectivity index is 1.95. The first-order valence-corrected chi connectivity index (χ1v) is 10.5. The lowest BCUT2D eigenvalue weighted by molar-refractivity contribution is -0.121. The normalized spacial score (nSPS) is 13.3. The number of rotatable bonds is 6. The van der Waals surface area contributed by atoms with Crippen LogP contribution in [0.15, 0.2) is 42.5 Å². The number of ether oxygens (including phenoxy) is 2. The van der Waals surface area contributed by atoms with Crippen LogP contribution < -0.4 is 24.0 Å². The van der Waals surface area contributed by atoms with Crippen molar-refractivity contribution in [3.05, 3.63) is 42.5 Å². The third-order valence-electron chi connectivity index (χ3n) is 4.41. The number of benzene rings is 2.